The van der Waals surface area contributed by atoms with Gasteiger partial charge in [-0.1, -0.05) is 0 Å². The van der Waals surface area contributed by atoms with Crippen LogP contribution in [0.1, 0.15) is 6.92 Å². The van der Waals surface area contributed by atoms with E-state index in [2.05, 4.69) is 5.32 Å². The summed E-state index contributed by atoms with van der Waals surface area (Å²) in [6.07, 6.45) is 0. The van der Waals surface area contributed by atoms with Gasteiger partial charge in [-0.05, 0) is 6.92 Å². The fourth-order valence-electron chi connectivity index (χ4n) is 0.387. The molecule has 57 valence electrons. The van der Waals surface area contributed by atoms with Crippen LogP contribution < -0.4 is 11.1 Å². The van der Waals surface area contributed by atoms with Gasteiger partial charge in [0.25, 0.3) is 0 Å². The van der Waals surface area contributed by atoms with Crippen molar-refractivity contribution in [3.8, 4) is 0 Å². The van der Waals surface area contributed by atoms with Gasteiger partial charge in [-0.15, -0.1) is 0 Å². The average Bonchev–Trinajstić information content (AvgIpc) is 1.82. The largest absolute Gasteiger partial charge is 0.480 e. The molecule has 4 N–H and O–H groups in total. The molecule has 3 radical (unpaired) electrons. The Labute approximate surface area is 105 Å². The standard InChI is InChI=1S/C5H12N2O2.Mg.Na/c1-4(5(8)9)7-3-2-6;;/h4,7H,2-3,6H2,1H3,(H,8,9);;. The maximum absolute atomic E-state index is 10.1. The molecule has 0 fully saturated rings. The number of carboxylic acid groups (broad SMARTS) is 1. The molecule has 0 rings (SSSR count). The molecular weight excluding hydrogens is 167 g/mol. The van der Waals surface area contributed by atoms with Crippen molar-refractivity contribution in [3.05, 3.63) is 0 Å². The van der Waals surface area contributed by atoms with Crippen LogP contribution in [0.4, 0.5) is 0 Å². The van der Waals surface area contributed by atoms with E-state index in [9.17, 15) is 4.79 Å². The van der Waals surface area contributed by atoms with Crippen LogP contribution in [0.2, 0.25) is 0 Å². The average molecular weight is 179 g/mol. The molecular formula is C5H12MgN2NaO2. The Morgan fingerprint density at radius 3 is 2.45 bits per heavy atom. The molecule has 1 atom stereocenters. The number of hydrogen-bond donors (Lipinski definition) is 3. The fourth-order valence-corrected chi connectivity index (χ4v) is 0.387. The minimum Gasteiger partial charge on any atom is -0.480 e. The second-order valence-corrected chi connectivity index (χ2v) is 1.80. The SMILES string of the molecule is CC(NCCN)C(=O)O.[Mg].[Na]. The number of nitrogens with one attached hydrogen (secondary N) is 1. The van der Waals surface area contributed by atoms with E-state index in [1.165, 1.54) is 0 Å². The van der Waals surface area contributed by atoms with E-state index in [0.717, 1.165) is 0 Å². The molecule has 4 nitrogen and oxygen atoms in total. The van der Waals surface area contributed by atoms with Gasteiger partial charge in [-0.2, -0.15) is 0 Å². The number of carbonyl (C=O) groups is 1. The van der Waals surface area contributed by atoms with Crippen LogP contribution in [-0.2, 0) is 4.79 Å². The second-order valence-electron chi connectivity index (χ2n) is 1.80. The Morgan fingerprint density at radius 1 is 1.73 bits per heavy atom. The molecule has 0 spiro atoms. The Morgan fingerprint density at radius 2 is 2.18 bits per heavy atom. The molecule has 0 aromatic carbocycles. The predicted molar refractivity (Wildman–Crippen MR) is 45.7 cm³/mol. The first-order chi connectivity index (χ1) is 4.18. The molecule has 0 saturated heterocycles. The van der Waals surface area contributed by atoms with Crippen LogP contribution in [-0.4, -0.2) is 82.8 Å². The summed E-state index contributed by atoms with van der Waals surface area (Å²) >= 11 is 0. The third-order valence-corrected chi connectivity index (χ3v) is 0.965. The van der Waals surface area contributed by atoms with Crippen molar-refractivity contribution in [2.75, 3.05) is 13.1 Å². The van der Waals surface area contributed by atoms with E-state index in [4.69, 9.17) is 10.8 Å². The topological polar surface area (TPSA) is 75.3 Å². The minimum absolute atomic E-state index is 0. The molecule has 0 bridgehead atoms. The Kier molecular flexibility index (Phi) is 18.3. The molecule has 11 heavy (non-hydrogen) atoms. The molecule has 0 saturated carbocycles. The first-order valence-corrected chi connectivity index (χ1v) is 2.84. The Hall–Kier alpha value is 1.16. The summed E-state index contributed by atoms with van der Waals surface area (Å²) in [7, 11) is 0. The Bertz CT molecular complexity index is 104. The summed E-state index contributed by atoms with van der Waals surface area (Å²) in [5.74, 6) is -0.844. The molecule has 0 amide bonds. The van der Waals surface area contributed by atoms with Crippen LogP contribution in [0.25, 0.3) is 0 Å². The van der Waals surface area contributed by atoms with Crippen LogP contribution in [0.15, 0.2) is 0 Å². The Balaban J connectivity index is -0.000000320. The summed E-state index contributed by atoms with van der Waals surface area (Å²) < 4.78 is 0. The zero-order valence-electron chi connectivity index (χ0n) is 7.13. The van der Waals surface area contributed by atoms with Crippen LogP contribution >= 0.6 is 0 Å². The van der Waals surface area contributed by atoms with Gasteiger partial charge in [0.1, 0.15) is 6.04 Å². The van der Waals surface area contributed by atoms with Crippen LogP contribution in [0.3, 0.4) is 0 Å². The number of nitrogens with two attached hydrogens (primary N) is 1. The minimum atomic E-state index is -0.844. The van der Waals surface area contributed by atoms with Gasteiger partial charge in [0.15, 0.2) is 0 Å². The molecule has 0 aliphatic carbocycles. The van der Waals surface area contributed by atoms with Gasteiger partial charge in [-0.25, -0.2) is 0 Å². The molecule has 0 aromatic heterocycles. The number of rotatable bonds is 4. The fraction of sp³-hybridized carbons (Fsp3) is 0.800. The molecule has 0 aromatic rings. The summed E-state index contributed by atoms with van der Waals surface area (Å²) in [6, 6.07) is -0.492. The van der Waals surface area contributed by atoms with E-state index in [1.807, 2.05) is 0 Å². The van der Waals surface area contributed by atoms with Crippen molar-refractivity contribution >= 4 is 58.6 Å². The van der Waals surface area contributed by atoms with Gasteiger partial charge in [-0.3, -0.25) is 4.79 Å². The predicted octanol–water partition coefficient (Wildman–Crippen LogP) is -1.75. The number of carboxylic acids is 1. The van der Waals surface area contributed by atoms with Gasteiger partial charge in [0.2, 0.25) is 0 Å². The third-order valence-electron chi connectivity index (χ3n) is 0.965. The van der Waals surface area contributed by atoms with Crippen molar-refractivity contribution in [3.63, 3.8) is 0 Å². The maximum Gasteiger partial charge on any atom is 0.320 e. The van der Waals surface area contributed by atoms with Crippen LogP contribution in [0.5, 0.6) is 0 Å². The van der Waals surface area contributed by atoms with Crippen molar-refractivity contribution in [1.29, 1.82) is 0 Å². The molecule has 0 aliphatic heterocycles. The summed E-state index contributed by atoms with van der Waals surface area (Å²) in [5.41, 5.74) is 5.12. The first kappa shape index (κ1) is 18.0. The first-order valence-electron chi connectivity index (χ1n) is 2.84. The zero-order chi connectivity index (χ0) is 7.28. The van der Waals surface area contributed by atoms with E-state index >= 15 is 0 Å². The smallest absolute Gasteiger partial charge is 0.320 e. The van der Waals surface area contributed by atoms with E-state index in [1.54, 1.807) is 6.92 Å². The maximum atomic E-state index is 10.1. The summed E-state index contributed by atoms with van der Waals surface area (Å²) in [6.45, 7) is 2.60. The van der Waals surface area contributed by atoms with Gasteiger partial charge < -0.3 is 16.2 Å². The van der Waals surface area contributed by atoms with Crippen molar-refractivity contribution < 1.29 is 9.90 Å². The second kappa shape index (κ2) is 11.2. The van der Waals surface area contributed by atoms with E-state index in [-0.39, 0.29) is 52.6 Å². The van der Waals surface area contributed by atoms with Crippen molar-refractivity contribution in [1.82, 2.24) is 5.32 Å². The van der Waals surface area contributed by atoms with Crippen molar-refractivity contribution in [2.24, 2.45) is 5.73 Å². The molecule has 0 heterocycles. The van der Waals surface area contributed by atoms with Crippen molar-refractivity contribution in [2.45, 2.75) is 13.0 Å². The molecule has 0 aliphatic rings. The summed E-state index contributed by atoms with van der Waals surface area (Å²) in [5, 5.41) is 11.0. The normalized spacial score (nSPS) is 10.7. The summed E-state index contributed by atoms with van der Waals surface area (Å²) in [4.78, 5) is 10.1. The molecule has 1 unspecified atom stereocenters. The van der Waals surface area contributed by atoms with E-state index in [0.29, 0.717) is 13.1 Å². The third kappa shape index (κ3) is 11.2. The zero-order valence-corrected chi connectivity index (χ0v) is 10.5. The van der Waals surface area contributed by atoms with E-state index < -0.39 is 12.0 Å². The van der Waals surface area contributed by atoms with Gasteiger partial charge in [0.05, 0.1) is 0 Å². The van der Waals surface area contributed by atoms with Gasteiger partial charge in [0, 0.05) is 65.7 Å². The van der Waals surface area contributed by atoms with Crippen LogP contribution in [0, 0.1) is 0 Å². The van der Waals surface area contributed by atoms with Gasteiger partial charge >= 0.3 is 5.97 Å². The quantitative estimate of drug-likeness (QED) is 0.447. The monoisotopic (exact) mass is 179 g/mol. The molecule has 6 heteroatoms. The number of hydrogen-bond acceptors (Lipinski definition) is 3. The number of aliphatic carboxylic acids is 1.